The van der Waals surface area contributed by atoms with E-state index in [-0.39, 0.29) is 18.0 Å². The Bertz CT molecular complexity index is 1320. The highest BCUT2D eigenvalue weighted by atomic mass is 32.2. The molecule has 34 heavy (non-hydrogen) atoms. The zero-order chi connectivity index (χ0) is 24.3. The van der Waals surface area contributed by atoms with Crippen molar-refractivity contribution in [3.05, 3.63) is 83.9 Å². The lowest BCUT2D eigenvalue weighted by atomic mass is 10.1. The zero-order valence-electron chi connectivity index (χ0n) is 18.7. The Balaban J connectivity index is 1.60. The first-order valence-electron chi connectivity index (χ1n) is 10.7. The maximum absolute atomic E-state index is 13.4. The van der Waals surface area contributed by atoms with Crippen LogP contribution in [0.15, 0.2) is 77.7 Å². The molecule has 0 aliphatic carbocycles. The summed E-state index contributed by atoms with van der Waals surface area (Å²) < 4.78 is 38.8. The molecule has 176 valence electrons. The van der Waals surface area contributed by atoms with Crippen molar-refractivity contribution in [2.75, 3.05) is 22.8 Å². The van der Waals surface area contributed by atoms with Crippen LogP contribution in [0.2, 0.25) is 0 Å². The lowest BCUT2D eigenvalue weighted by Crippen LogP contribution is -2.48. The highest BCUT2D eigenvalue weighted by molar-refractivity contribution is 7.92. The van der Waals surface area contributed by atoms with E-state index in [1.165, 1.54) is 16.4 Å². The Kier molecular flexibility index (Phi) is 6.56. The summed E-state index contributed by atoms with van der Waals surface area (Å²) in [4.78, 5) is 25.2. The highest BCUT2D eigenvalue weighted by Crippen LogP contribution is 2.37. The zero-order valence-corrected chi connectivity index (χ0v) is 19.5. The average Bonchev–Trinajstić information content (AvgIpc) is 2.85. The summed E-state index contributed by atoms with van der Waals surface area (Å²) >= 11 is 0. The van der Waals surface area contributed by atoms with Gasteiger partial charge in [-0.15, -0.1) is 0 Å². The molecule has 0 saturated carbocycles. The first-order chi connectivity index (χ1) is 16.3. The van der Waals surface area contributed by atoms with Crippen LogP contribution in [-0.4, -0.2) is 39.5 Å². The number of hydrogen-bond donors (Lipinski definition) is 1. The predicted octanol–water partition coefficient (Wildman–Crippen LogP) is 3.77. The molecule has 1 heterocycles. The number of nitrogens with zero attached hydrogens (tertiary/aromatic N) is 1. The molecular formula is C25H24N2O6S. The maximum atomic E-state index is 13.4. The van der Waals surface area contributed by atoms with Crippen LogP contribution in [0.25, 0.3) is 0 Å². The fourth-order valence-corrected chi connectivity index (χ4v) is 5.14. The van der Waals surface area contributed by atoms with E-state index in [1.54, 1.807) is 74.5 Å². The smallest absolute Gasteiger partial charge is 0.338 e. The summed E-state index contributed by atoms with van der Waals surface area (Å²) in [6, 6.07) is 19.5. The van der Waals surface area contributed by atoms with E-state index >= 15 is 0 Å². The van der Waals surface area contributed by atoms with Crippen molar-refractivity contribution in [2.45, 2.75) is 24.8 Å². The predicted molar refractivity (Wildman–Crippen MR) is 128 cm³/mol. The van der Waals surface area contributed by atoms with Gasteiger partial charge in [0.25, 0.3) is 15.9 Å². The number of hydrogen-bond acceptors (Lipinski definition) is 6. The van der Waals surface area contributed by atoms with Gasteiger partial charge in [0.1, 0.15) is 5.75 Å². The van der Waals surface area contributed by atoms with Crippen molar-refractivity contribution in [3.63, 3.8) is 0 Å². The standard InChI is InChI=1S/C25H24N2O6S/c1-3-32-25(29)18-13-14-20(17(2)15-18)26-24(28)23-16-27(21-11-7-8-12-22(21)33-23)34(30,31)19-9-5-4-6-10-19/h4-15,23H,3,16H2,1-2H3,(H,26,28)/t23-/m1/s1. The minimum atomic E-state index is -3.92. The molecule has 8 nitrogen and oxygen atoms in total. The van der Waals surface area contributed by atoms with E-state index in [0.29, 0.717) is 28.3 Å². The minimum Gasteiger partial charge on any atom is -0.476 e. The number of sulfonamides is 1. The van der Waals surface area contributed by atoms with Crippen molar-refractivity contribution in [1.82, 2.24) is 0 Å². The first kappa shape index (κ1) is 23.3. The molecule has 1 atom stereocenters. The molecule has 9 heteroatoms. The van der Waals surface area contributed by atoms with Gasteiger partial charge in [0, 0.05) is 5.69 Å². The third-order valence-electron chi connectivity index (χ3n) is 5.35. The van der Waals surface area contributed by atoms with E-state index in [1.807, 2.05) is 0 Å². The molecule has 1 aliphatic heterocycles. The number of benzene rings is 3. The van der Waals surface area contributed by atoms with Crippen molar-refractivity contribution in [1.29, 1.82) is 0 Å². The Morgan fingerprint density at radius 3 is 2.47 bits per heavy atom. The average molecular weight is 481 g/mol. The van der Waals surface area contributed by atoms with E-state index in [9.17, 15) is 18.0 Å². The monoisotopic (exact) mass is 480 g/mol. The number of aryl methyl sites for hydroxylation is 1. The Hall–Kier alpha value is -3.85. The van der Waals surface area contributed by atoms with Gasteiger partial charge in [-0.1, -0.05) is 30.3 Å². The van der Waals surface area contributed by atoms with Gasteiger partial charge in [0.15, 0.2) is 6.10 Å². The molecule has 0 radical (unpaired) electrons. The van der Waals surface area contributed by atoms with Crippen LogP contribution >= 0.6 is 0 Å². The van der Waals surface area contributed by atoms with Crippen molar-refractivity contribution in [3.8, 4) is 5.75 Å². The van der Waals surface area contributed by atoms with E-state index in [4.69, 9.17) is 9.47 Å². The normalized spacial score (nSPS) is 15.1. The van der Waals surface area contributed by atoms with Crippen LogP contribution in [0.3, 0.4) is 0 Å². The molecule has 3 aromatic carbocycles. The number of fused-ring (bicyclic) bond motifs is 1. The fraction of sp³-hybridized carbons (Fsp3) is 0.200. The quantitative estimate of drug-likeness (QED) is 0.539. The molecule has 0 saturated heterocycles. The summed E-state index contributed by atoms with van der Waals surface area (Å²) in [7, 11) is -3.92. The summed E-state index contributed by atoms with van der Waals surface area (Å²) in [5.74, 6) is -0.657. The number of anilines is 2. The van der Waals surface area contributed by atoms with Gasteiger partial charge in [-0.05, 0) is 61.9 Å². The summed E-state index contributed by atoms with van der Waals surface area (Å²) in [5, 5.41) is 2.78. The van der Waals surface area contributed by atoms with E-state index < -0.39 is 28.0 Å². The van der Waals surface area contributed by atoms with Crippen LogP contribution in [0, 0.1) is 6.92 Å². The third kappa shape index (κ3) is 4.60. The van der Waals surface area contributed by atoms with E-state index in [0.717, 1.165) is 0 Å². The molecular weight excluding hydrogens is 456 g/mol. The second-order valence-electron chi connectivity index (χ2n) is 7.66. The second kappa shape index (κ2) is 9.56. The lowest BCUT2D eigenvalue weighted by molar-refractivity contribution is -0.122. The number of amides is 1. The Morgan fingerprint density at radius 1 is 1.06 bits per heavy atom. The number of ether oxygens (including phenoxy) is 2. The maximum Gasteiger partial charge on any atom is 0.338 e. The molecule has 0 bridgehead atoms. The summed E-state index contributed by atoms with van der Waals surface area (Å²) in [6.45, 7) is 3.55. The van der Waals surface area contributed by atoms with E-state index in [2.05, 4.69) is 5.32 Å². The molecule has 1 aliphatic rings. The van der Waals surface area contributed by atoms with Crippen LogP contribution in [0.4, 0.5) is 11.4 Å². The van der Waals surface area contributed by atoms with Gasteiger partial charge in [-0.3, -0.25) is 9.10 Å². The van der Waals surface area contributed by atoms with Crippen LogP contribution in [0.5, 0.6) is 5.75 Å². The minimum absolute atomic E-state index is 0.122. The fourth-order valence-electron chi connectivity index (χ4n) is 3.64. The van der Waals surface area contributed by atoms with Gasteiger partial charge in [0.2, 0.25) is 0 Å². The van der Waals surface area contributed by atoms with Gasteiger partial charge < -0.3 is 14.8 Å². The molecule has 0 aromatic heterocycles. The first-order valence-corrected chi connectivity index (χ1v) is 12.2. The SMILES string of the molecule is CCOC(=O)c1ccc(NC(=O)[C@H]2CN(S(=O)(=O)c3ccccc3)c3ccccc3O2)c(C)c1. The van der Waals surface area contributed by atoms with Crippen molar-refractivity contribution >= 4 is 33.3 Å². The van der Waals surface area contributed by atoms with Crippen LogP contribution < -0.4 is 14.4 Å². The Labute approximate surface area is 198 Å². The highest BCUT2D eigenvalue weighted by Gasteiger charge is 2.37. The molecule has 4 rings (SSSR count). The molecule has 0 unspecified atom stereocenters. The largest absolute Gasteiger partial charge is 0.476 e. The van der Waals surface area contributed by atoms with Crippen LogP contribution in [-0.2, 0) is 19.6 Å². The van der Waals surface area contributed by atoms with Crippen molar-refractivity contribution < 1.29 is 27.5 Å². The molecule has 3 aromatic rings. The topological polar surface area (TPSA) is 102 Å². The summed E-state index contributed by atoms with van der Waals surface area (Å²) in [6.07, 6.45) is -1.09. The third-order valence-corrected chi connectivity index (χ3v) is 7.15. The number of rotatable bonds is 6. The lowest BCUT2D eigenvalue weighted by Gasteiger charge is -2.34. The molecule has 1 N–H and O–H groups in total. The second-order valence-corrected chi connectivity index (χ2v) is 9.53. The summed E-state index contributed by atoms with van der Waals surface area (Å²) in [5.41, 5.74) is 1.88. The number of para-hydroxylation sites is 2. The Morgan fingerprint density at radius 2 is 1.76 bits per heavy atom. The van der Waals surface area contributed by atoms with Gasteiger partial charge >= 0.3 is 5.97 Å². The van der Waals surface area contributed by atoms with Crippen LogP contribution in [0.1, 0.15) is 22.8 Å². The van der Waals surface area contributed by atoms with Gasteiger partial charge in [0.05, 0.1) is 29.3 Å². The number of carbonyl (C=O) groups is 2. The van der Waals surface area contributed by atoms with Gasteiger partial charge in [-0.2, -0.15) is 0 Å². The van der Waals surface area contributed by atoms with Crippen molar-refractivity contribution in [2.24, 2.45) is 0 Å². The van der Waals surface area contributed by atoms with Gasteiger partial charge in [-0.25, -0.2) is 13.2 Å². The molecule has 1 amide bonds. The number of esters is 1. The molecule has 0 fully saturated rings. The number of nitrogens with one attached hydrogen (secondary N) is 1. The number of carbonyl (C=O) groups excluding carboxylic acids is 2. The molecule has 0 spiro atoms.